The maximum atomic E-state index is 12.1. The van der Waals surface area contributed by atoms with Crippen molar-refractivity contribution in [3.05, 3.63) is 59.7 Å². The van der Waals surface area contributed by atoms with Gasteiger partial charge in [-0.15, -0.1) is 0 Å². The number of benzene rings is 2. The van der Waals surface area contributed by atoms with Crippen molar-refractivity contribution in [3.63, 3.8) is 0 Å². The summed E-state index contributed by atoms with van der Waals surface area (Å²) in [5.41, 5.74) is 1.13. The Hall–Kier alpha value is -2.49. The summed E-state index contributed by atoms with van der Waals surface area (Å²) in [7, 11) is 0. The Morgan fingerprint density at radius 3 is 1.79 bits per heavy atom. The Labute approximate surface area is 141 Å². The monoisotopic (exact) mass is 326 g/mol. The number of hydrogen-bond donors (Lipinski definition) is 3. The fourth-order valence-electron chi connectivity index (χ4n) is 4.15. The van der Waals surface area contributed by atoms with Gasteiger partial charge in [0.15, 0.2) is 0 Å². The van der Waals surface area contributed by atoms with Crippen LogP contribution in [-0.4, -0.2) is 21.3 Å². The first-order valence-corrected chi connectivity index (χ1v) is 8.25. The lowest BCUT2D eigenvalue weighted by Crippen LogP contribution is -2.45. The lowest BCUT2D eigenvalue weighted by Gasteiger charge is -2.45. The molecule has 0 heterocycles. The number of hydrogen-bond acceptors (Lipinski definition) is 3. The van der Waals surface area contributed by atoms with Gasteiger partial charge in [0.1, 0.15) is 11.5 Å². The molecule has 0 radical (unpaired) electrons. The Kier molecular flexibility index (Phi) is 4.22. The summed E-state index contributed by atoms with van der Waals surface area (Å²) in [6.07, 6.45) is 2.21. The Balaban J connectivity index is 2.23. The molecule has 2 unspecified atom stereocenters. The van der Waals surface area contributed by atoms with Gasteiger partial charge in [-0.05, 0) is 60.6 Å². The zero-order valence-corrected chi connectivity index (χ0v) is 13.6. The molecule has 2 aromatic rings. The predicted molar refractivity (Wildman–Crippen MR) is 91.1 cm³/mol. The first kappa shape index (κ1) is 16.4. The summed E-state index contributed by atoms with van der Waals surface area (Å²) in [5, 5.41) is 29.1. The SMILES string of the molecule is CC1CCC(C(=O)O)C(c2ccc(O)cc2)(c2ccc(O)cc2)C1. The summed E-state index contributed by atoms with van der Waals surface area (Å²) >= 11 is 0. The van der Waals surface area contributed by atoms with Crippen LogP contribution >= 0.6 is 0 Å². The van der Waals surface area contributed by atoms with E-state index in [1.165, 1.54) is 0 Å². The van der Waals surface area contributed by atoms with E-state index in [-0.39, 0.29) is 11.5 Å². The topological polar surface area (TPSA) is 77.8 Å². The van der Waals surface area contributed by atoms with E-state index in [2.05, 4.69) is 6.92 Å². The minimum atomic E-state index is -0.803. The van der Waals surface area contributed by atoms with Crippen LogP contribution in [0.15, 0.2) is 48.5 Å². The van der Waals surface area contributed by atoms with Gasteiger partial charge in [0.05, 0.1) is 5.92 Å². The van der Waals surface area contributed by atoms with Crippen LogP contribution in [0.4, 0.5) is 0 Å². The van der Waals surface area contributed by atoms with Crippen LogP contribution in [-0.2, 0) is 10.2 Å². The van der Waals surface area contributed by atoms with Crippen LogP contribution in [0.1, 0.15) is 37.3 Å². The molecule has 0 spiro atoms. The smallest absolute Gasteiger partial charge is 0.307 e. The molecule has 0 aliphatic heterocycles. The zero-order valence-electron chi connectivity index (χ0n) is 13.6. The van der Waals surface area contributed by atoms with Gasteiger partial charge in [-0.3, -0.25) is 4.79 Å². The quantitative estimate of drug-likeness (QED) is 0.799. The van der Waals surface area contributed by atoms with E-state index in [9.17, 15) is 20.1 Å². The highest BCUT2D eigenvalue weighted by Gasteiger charge is 2.49. The third kappa shape index (κ3) is 2.73. The van der Waals surface area contributed by atoms with Crippen LogP contribution in [0.25, 0.3) is 0 Å². The molecular weight excluding hydrogens is 304 g/mol. The summed E-state index contributed by atoms with van der Waals surface area (Å²) in [6.45, 7) is 2.15. The molecule has 4 heteroatoms. The molecule has 3 N–H and O–H groups in total. The van der Waals surface area contributed by atoms with Crippen molar-refractivity contribution in [1.29, 1.82) is 0 Å². The fraction of sp³-hybridized carbons (Fsp3) is 0.350. The maximum absolute atomic E-state index is 12.1. The van der Waals surface area contributed by atoms with Crippen LogP contribution < -0.4 is 0 Å². The molecule has 1 aliphatic rings. The fourth-order valence-corrected chi connectivity index (χ4v) is 4.15. The number of carboxylic acid groups (broad SMARTS) is 1. The summed E-state index contributed by atoms with van der Waals surface area (Å²) in [5.74, 6) is -0.625. The molecule has 0 bridgehead atoms. The molecule has 0 saturated heterocycles. The van der Waals surface area contributed by atoms with Crippen molar-refractivity contribution in [2.24, 2.45) is 11.8 Å². The van der Waals surface area contributed by atoms with Gasteiger partial charge >= 0.3 is 5.97 Å². The number of phenolic OH excluding ortho intramolecular Hbond substituents is 2. The van der Waals surface area contributed by atoms with Crippen LogP contribution in [0.2, 0.25) is 0 Å². The summed E-state index contributed by atoms with van der Waals surface area (Å²) in [4.78, 5) is 12.1. The normalized spacial score (nSPS) is 22.9. The second-order valence-corrected chi connectivity index (χ2v) is 6.84. The van der Waals surface area contributed by atoms with Gasteiger partial charge < -0.3 is 15.3 Å². The molecule has 126 valence electrons. The largest absolute Gasteiger partial charge is 0.508 e. The molecule has 2 aromatic carbocycles. The van der Waals surface area contributed by atoms with E-state index in [0.717, 1.165) is 24.0 Å². The van der Waals surface area contributed by atoms with Gasteiger partial charge in [0.25, 0.3) is 0 Å². The molecule has 1 saturated carbocycles. The first-order chi connectivity index (χ1) is 11.4. The highest BCUT2D eigenvalue weighted by Crippen LogP contribution is 2.51. The molecular formula is C20H22O4. The highest BCUT2D eigenvalue weighted by atomic mass is 16.4. The van der Waals surface area contributed by atoms with E-state index in [0.29, 0.717) is 12.3 Å². The van der Waals surface area contributed by atoms with Crippen molar-refractivity contribution in [2.45, 2.75) is 31.6 Å². The third-order valence-electron chi connectivity index (χ3n) is 5.28. The molecule has 1 aliphatic carbocycles. The Bertz CT molecular complexity index is 673. The van der Waals surface area contributed by atoms with E-state index < -0.39 is 17.3 Å². The molecule has 2 atom stereocenters. The van der Waals surface area contributed by atoms with Crippen molar-refractivity contribution < 1.29 is 20.1 Å². The lowest BCUT2D eigenvalue weighted by atomic mass is 9.57. The number of carbonyl (C=O) groups is 1. The van der Waals surface area contributed by atoms with Crippen LogP contribution in [0, 0.1) is 11.8 Å². The summed E-state index contributed by atoms with van der Waals surface area (Å²) in [6, 6.07) is 13.7. The van der Waals surface area contributed by atoms with Gasteiger partial charge in [0.2, 0.25) is 0 Å². The average Bonchev–Trinajstić information content (AvgIpc) is 2.55. The van der Waals surface area contributed by atoms with Crippen LogP contribution in [0.3, 0.4) is 0 Å². The van der Waals surface area contributed by atoms with Gasteiger partial charge in [0, 0.05) is 5.41 Å². The van der Waals surface area contributed by atoms with E-state index >= 15 is 0 Å². The molecule has 3 rings (SSSR count). The van der Waals surface area contributed by atoms with Gasteiger partial charge in [-0.2, -0.15) is 0 Å². The average molecular weight is 326 g/mol. The molecule has 0 amide bonds. The number of phenols is 2. The number of aromatic hydroxyl groups is 2. The molecule has 0 aromatic heterocycles. The number of aliphatic carboxylic acids is 1. The second kappa shape index (κ2) is 6.19. The van der Waals surface area contributed by atoms with E-state index in [1.807, 2.05) is 24.3 Å². The van der Waals surface area contributed by atoms with Crippen LogP contribution in [0.5, 0.6) is 11.5 Å². The van der Waals surface area contributed by atoms with Gasteiger partial charge in [-0.25, -0.2) is 0 Å². The second-order valence-electron chi connectivity index (χ2n) is 6.84. The van der Waals surface area contributed by atoms with E-state index in [4.69, 9.17) is 0 Å². The van der Waals surface area contributed by atoms with E-state index in [1.54, 1.807) is 24.3 Å². The predicted octanol–water partition coefficient (Wildman–Crippen LogP) is 3.90. The minimum Gasteiger partial charge on any atom is -0.508 e. The number of rotatable bonds is 3. The van der Waals surface area contributed by atoms with Gasteiger partial charge in [-0.1, -0.05) is 31.2 Å². The first-order valence-electron chi connectivity index (χ1n) is 8.25. The summed E-state index contributed by atoms with van der Waals surface area (Å²) < 4.78 is 0. The zero-order chi connectivity index (χ0) is 17.3. The standard InChI is InChI=1S/C20H22O4/c1-13-2-11-18(19(23)24)20(12-13,14-3-7-16(21)8-4-14)15-5-9-17(22)10-6-15/h3-10,13,18,21-22H,2,11-12H2,1H3,(H,23,24). The minimum absolute atomic E-state index is 0.162. The highest BCUT2D eigenvalue weighted by molar-refractivity contribution is 5.74. The van der Waals surface area contributed by atoms with Crippen molar-refractivity contribution in [1.82, 2.24) is 0 Å². The third-order valence-corrected chi connectivity index (χ3v) is 5.28. The molecule has 24 heavy (non-hydrogen) atoms. The maximum Gasteiger partial charge on any atom is 0.307 e. The lowest BCUT2D eigenvalue weighted by molar-refractivity contribution is -0.145. The Morgan fingerprint density at radius 1 is 0.917 bits per heavy atom. The number of carboxylic acids is 1. The van der Waals surface area contributed by atoms with Crippen molar-refractivity contribution in [3.8, 4) is 11.5 Å². The molecule has 4 nitrogen and oxygen atoms in total. The van der Waals surface area contributed by atoms with Crippen molar-refractivity contribution >= 4 is 5.97 Å². The van der Waals surface area contributed by atoms with Crippen molar-refractivity contribution in [2.75, 3.05) is 0 Å². The Morgan fingerprint density at radius 2 is 1.38 bits per heavy atom. The molecule has 1 fully saturated rings.